The molecule has 1 aliphatic carbocycles. The van der Waals surface area contributed by atoms with Crippen LogP contribution < -0.4 is 10.5 Å². The lowest BCUT2D eigenvalue weighted by atomic mass is 9.71. The first-order chi connectivity index (χ1) is 28.1. The number of hydrogen-bond donors (Lipinski definition) is 1. The Morgan fingerprint density at radius 3 is 1.88 bits per heavy atom. The van der Waals surface area contributed by atoms with Gasteiger partial charge in [-0.25, -0.2) is 0 Å². The number of unbranched alkanes of at least 4 members (excludes halogenated alkanes) is 2. The molecule has 0 saturated heterocycles. The molecule has 0 aliphatic heterocycles. The lowest BCUT2D eigenvalue weighted by Gasteiger charge is -2.43. The fourth-order valence-electron chi connectivity index (χ4n) is 8.18. The number of ketones is 1. The van der Waals surface area contributed by atoms with Crippen molar-refractivity contribution in [1.82, 2.24) is 5.32 Å². The zero-order valence-corrected chi connectivity index (χ0v) is 36.0. The van der Waals surface area contributed by atoms with Crippen LogP contribution in [0.15, 0.2) is 133 Å². The molecule has 0 amide bonds. The third-order valence-electron chi connectivity index (χ3n) is 11.1. The molecule has 0 unspecified atom stereocenters. The monoisotopic (exact) mass is 800 g/mol. The fourth-order valence-corrected chi connectivity index (χ4v) is 10.6. The van der Waals surface area contributed by atoms with Crippen LogP contribution in [0.3, 0.4) is 0 Å². The summed E-state index contributed by atoms with van der Waals surface area (Å²) in [6.45, 7) is 9.16. The molecule has 7 nitrogen and oxygen atoms in total. The van der Waals surface area contributed by atoms with Crippen molar-refractivity contribution in [3.8, 4) is 0 Å². The third-order valence-corrected chi connectivity index (χ3v) is 13.9. The van der Waals surface area contributed by atoms with Gasteiger partial charge in [0.2, 0.25) is 0 Å². The van der Waals surface area contributed by atoms with Crippen molar-refractivity contribution in [1.29, 1.82) is 0 Å². The van der Waals surface area contributed by atoms with Crippen LogP contribution in [0.5, 0.6) is 0 Å². The largest absolute Gasteiger partial charge is 0.469 e. The summed E-state index contributed by atoms with van der Waals surface area (Å²) in [6, 6.07) is 41.3. The van der Waals surface area contributed by atoms with Gasteiger partial charge < -0.3 is 13.9 Å². The van der Waals surface area contributed by atoms with E-state index in [1.807, 2.05) is 36.4 Å². The summed E-state index contributed by atoms with van der Waals surface area (Å²) < 4.78 is 17.9. The summed E-state index contributed by atoms with van der Waals surface area (Å²) in [5, 5.41) is 5.15. The van der Waals surface area contributed by atoms with E-state index in [-0.39, 0.29) is 47.2 Å². The Balaban J connectivity index is 1.56. The molecule has 1 N–H and O–H groups in total. The standard InChI is InChI=1S/C50H62NO6Si/c1-6-7-35-56-47(53)32-22-11-19-29-41(51-50(38-23-13-8-14-24-38,39-25-15-9-16-26-39)40-27-17-10-18-28-40)36-43-44(37-48(54)55-5)46(34-33-45(43)52)57-58(49(2,3)4)42-30-20-12-21-31-42/h8-10,12-21,23-31,41,43-44,46,51H,6-7,11,22,32-37H2,1-5H3/b29-19-/t41-,43-,44+,46+/m0/s1. The van der Waals surface area contributed by atoms with Crippen LogP contribution in [-0.4, -0.2) is 52.6 Å². The number of allylic oxidation sites excluding steroid dienone is 1. The van der Waals surface area contributed by atoms with Gasteiger partial charge in [0.05, 0.1) is 25.7 Å². The summed E-state index contributed by atoms with van der Waals surface area (Å²) in [5.41, 5.74) is 2.37. The second kappa shape index (κ2) is 21.9. The van der Waals surface area contributed by atoms with Gasteiger partial charge in [-0.15, -0.1) is 0 Å². The Morgan fingerprint density at radius 2 is 1.36 bits per heavy atom. The Bertz CT molecular complexity index is 1780. The van der Waals surface area contributed by atoms with Gasteiger partial charge in [0.15, 0.2) is 0 Å². The molecule has 4 aromatic carbocycles. The van der Waals surface area contributed by atoms with E-state index >= 15 is 0 Å². The number of hydrogen-bond acceptors (Lipinski definition) is 7. The Kier molecular flexibility index (Phi) is 16.8. The van der Waals surface area contributed by atoms with Crippen LogP contribution in [0.25, 0.3) is 0 Å². The molecular weight excluding hydrogens is 739 g/mol. The van der Waals surface area contributed by atoms with Crippen LogP contribution in [0.2, 0.25) is 5.04 Å². The van der Waals surface area contributed by atoms with Crippen LogP contribution in [0, 0.1) is 11.8 Å². The predicted octanol–water partition coefficient (Wildman–Crippen LogP) is 9.64. The van der Waals surface area contributed by atoms with Crippen LogP contribution in [-0.2, 0) is 33.8 Å². The number of ether oxygens (including phenoxy) is 2. The highest BCUT2D eigenvalue weighted by Crippen LogP contribution is 2.41. The maximum atomic E-state index is 14.3. The number of esters is 2. The number of nitrogens with one attached hydrogen (secondary N) is 1. The molecule has 0 aromatic heterocycles. The number of carbonyl (C=O) groups is 3. The molecular formula is C50H62NO6Si. The number of methoxy groups -OCH3 is 1. The number of Topliss-reactive ketones (excluding diaryl/α,β-unsaturated/α-hetero) is 1. The molecule has 58 heavy (non-hydrogen) atoms. The molecule has 0 bridgehead atoms. The van der Waals surface area contributed by atoms with Crippen molar-refractivity contribution >= 4 is 31.9 Å². The normalized spacial score (nSPS) is 18.0. The molecule has 0 heterocycles. The van der Waals surface area contributed by atoms with E-state index in [0.29, 0.717) is 45.1 Å². The van der Waals surface area contributed by atoms with Crippen molar-refractivity contribution in [2.45, 2.75) is 108 Å². The molecule has 1 saturated carbocycles. The van der Waals surface area contributed by atoms with Gasteiger partial charge in [0, 0.05) is 36.8 Å². The molecule has 1 fully saturated rings. The molecule has 4 atom stereocenters. The topological polar surface area (TPSA) is 90.9 Å². The van der Waals surface area contributed by atoms with Crippen molar-refractivity contribution < 1.29 is 28.3 Å². The van der Waals surface area contributed by atoms with Gasteiger partial charge in [-0.3, -0.25) is 19.7 Å². The van der Waals surface area contributed by atoms with Gasteiger partial charge in [0.25, 0.3) is 9.04 Å². The molecule has 8 heteroatoms. The molecule has 1 radical (unpaired) electrons. The molecule has 1 aliphatic rings. The minimum atomic E-state index is -1.58. The highest BCUT2D eigenvalue weighted by Gasteiger charge is 2.46. The lowest BCUT2D eigenvalue weighted by Crippen LogP contribution is -2.53. The summed E-state index contributed by atoms with van der Waals surface area (Å²) in [6.07, 6.45) is 8.92. The Labute approximate surface area is 348 Å². The van der Waals surface area contributed by atoms with Crippen molar-refractivity contribution in [2.24, 2.45) is 11.8 Å². The number of benzene rings is 4. The Morgan fingerprint density at radius 1 is 0.810 bits per heavy atom. The van der Waals surface area contributed by atoms with Gasteiger partial charge in [0.1, 0.15) is 5.78 Å². The van der Waals surface area contributed by atoms with E-state index in [0.717, 1.165) is 29.5 Å². The van der Waals surface area contributed by atoms with E-state index in [2.05, 4.69) is 130 Å². The van der Waals surface area contributed by atoms with Gasteiger partial charge in [-0.05, 0) is 59.0 Å². The first-order valence-electron chi connectivity index (χ1n) is 21.0. The maximum Gasteiger partial charge on any atom is 0.305 e. The first kappa shape index (κ1) is 44.5. The summed E-state index contributed by atoms with van der Waals surface area (Å²) in [7, 11) is -0.171. The summed E-state index contributed by atoms with van der Waals surface area (Å²) >= 11 is 0. The molecule has 5 rings (SSSR count). The highest BCUT2D eigenvalue weighted by atomic mass is 28.3. The fraction of sp³-hybridized carbons (Fsp3) is 0.420. The second-order valence-corrected chi connectivity index (χ2v) is 19.4. The first-order valence-corrected chi connectivity index (χ1v) is 22.4. The predicted molar refractivity (Wildman–Crippen MR) is 234 cm³/mol. The third kappa shape index (κ3) is 12.0. The van der Waals surface area contributed by atoms with Crippen LogP contribution >= 0.6 is 0 Å². The molecule has 0 spiro atoms. The lowest BCUT2D eigenvalue weighted by molar-refractivity contribution is -0.146. The minimum Gasteiger partial charge on any atom is -0.469 e. The van der Waals surface area contributed by atoms with Gasteiger partial charge >= 0.3 is 11.9 Å². The zero-order chi connectivity index (χ0) is 41.4. The van der Waals surface area contributed by atoms with E-state index in [1.165, 1.54) is 12.3 Å². The smallest absolute Gasteiger partial charge is 0.305 e. The SMILES string of the molecule is CCCCOC(=O)CCC/C=C\[C@@H](C[C@@H]1C(=O)CC[C@@H](O[Si](c2ccccc2)C(C)(C)C)[C@@H]1CC(=O)OC)NC(c1ccccc1)(c1ccccc1)c1ccccc1. The average molecular weight is 801 g/mol. The minimum absolute atomic E-state index is 0.0867. The van der Waals surface area contributed by atoms with Gasteiger partial charge in [-0.1, -0.05) is 168 Å². The van der Waals surface area contributed by atoms with Crippen LogP contribution in [0.4, 0.5) is 0 Å². The van der Waals surface area contributed by atoms with Crippen LogP contribution in [0.1, 0.15) is 102 Å². The van der Waals surface area contributed by atoms with Crippen molar-refractivity contribution in [3.63, 3.8) is 0 Å². The van der Waals surface area contributed by atoms with E-state index < -0.39 is 20.5 Å². The highest BCUT2D eigenvalue weighted by molar-refractivity contribution is 6.70. The quantitative estimate of drug-likeness (QED) is 0.0313. The van der Waals surface area contributed by atoms with Crippen molar-refractivity contribution in [2.75, 3.05) is 13.7 Å². The number of carbonyl (C=O) groups excluding carboxylic acids is 3. The molecule has 4 aromatic rings. The van der Waals surface area contributed by atoms with Gasteiger partial charge in [-0.2, -0.15) is 0 Å². The molecule has 307 valence electrons. The Hall–Kier alpha value is -4.63. The number of rotatable bonds is 20. The summed E-state index contributed by atoms with van der Waals surface area (Å²) in [4.78, 5) is 40.0. The summed E-state index contributed by atoms with van der Waals surface area (Å²) in [5.74, 6) is -1.25. The zero-order valence-electron chi connectivity index (χ0n) is 35.0. The second-order valence-electron chi connectivity index (χ2n) is 16.4. The average Bonchev–Trinajstić information content (AvgIpc) is 3.24. The maximum absolute atomic E-state index is 14.3. The van der Waals surface area contributed by atoms with E-state index in [9.17, 15) is 14.4 Å². The van der Waals surface area contributed by atoms with E-state index in [1.54, 1.807) is 0 Å². The van der Waals surface area contributed by atoms with Crippen molar-refractivity contribution in [3.05, 3.63) is 150 Å². The van der Waals surface area contributed by atoms with E-state index in [4.69, 9.17) is 13.9 Å².